The number of hydrogen-bond donors (Lipinski definition) is 0. The molecule has 0 unspecified atom stereocenters. The summed E-state index contributed by atoms with van der Waals surface area (Å²) in [5.74, 6) is 0. The van der Waals surface area contributed by atoms with Gasteiger partial charge in [-0.25, -0.2) is 0 Å². The van der Waals surface area contributed by atoms with Gasteiger partial charge in [-0.1, -0.05) is 121 Å². The largest absolute Gasteiger partial charge is 0.310 e. The molecule has 0 aliphatic rings. The first-order chi connectivity index (χ1) is 21.8. The Kier molecular flexibility index (Phi) is 7.71. The third kappa shape index (κ3) is 5.74. The van der Waals surface area contributed by atoms with Crippen LogP contribution < -0.4 is 9.80 Å². The zero-order valence-corrected chi connectivity index (χ0v) is 24.4. The lowest BCUT2D eigenvalue weighted by molar-refractivity contribution is 1.28. The van der Waals surface area contributed by atoms with Crippen LogP contribution in [0, 0.1) is 0 Å². The van der Waals surface area contributed by atoms with Gasteiger partial charge in [0.25, 0.3) is 0 Å². The minimum atomic E-state index is 1.10. The Morgan fingerprint density at radius 3 is 0.818 bits per heavy atom. The quantitative estimate of drug-likeness (QED) is 0.181. The van der Waals surface area contributed by atoms with Gasteiger partial charge >= 0.3 is 0 Å². The molecule has 0 spiro atoms. The predicted molar refractivity (Wildman–Crippen MR) is 187 cm³/mol. The molecular formula is C42H32N2. The van der Waals surface area contributed by atoms with Crippen LogP contribution >= 0.6 is 0 Å². The van der Waals surface area contributed by atoms with Gasteiger partial charge in [-0.05, 0) is 95.1 Å². The second-order valence-corrected chi connectivity index (χ2v) is 10.7. The summed E-state index contributed by atoms with van der Waals surface area (Å²) in [7, 11) is 0. The highest BCUT2D eigenvalue weighted by atomic mass is 15.1. The van der Waals surface area contributed by atoms with Crippen LogP contribution in [0.1, 0.15) is 0 Å². The maximum absolute atomic E-state index is 2.33. The molecule has 7 rings (SSSR count). The fraction of sp³-hybridized carbons (Fsp3) is 0. The molecular weight excluding hydrogens is 532 g/mol. The van der Waals surface area contributed by atoms with Crippen molar-refractivity contribution in [3.8, 4) is 22.3 Å². The molecule has 210 valence electrons. The van der Waals surface area contributed by atoms with Crippen molar-refractivity contribution in [3.05, 3.63) is 194 Å². The van der Waals surface area contributed by atoms with Crippen molar-refractivity contribution >= 4 is 34.1 Å². The van der Waals surface area contributed by atoms with Crippen molar-refractivity contribution in [1.82, 2.24) is 0 Å². The molecule has 0 fully saturated rings. The van der Waals surface area contributed by atoms with Crippen molar-refractivity contribution in [3.63, 3.8) is 0 Å². The van der Waals surface area contributed by atoms with Gasteiger partial charge < -0.3 is 9.80 Å². The minimum Gasteiger partial charge on any atom is -0.310 e. The normalized spacial score (nSPS) is 10.7. The monoisotopic (exact) mass is 564 g/mol. The van der Waals surface area contributed by atoms with Gasteiger partial charge in [0.05, 0.1) is 0 Å². The number of para-hydroxylation sites is 3. The second-order valence-electron chi connectivity index (χ2n) is 10.7. The number of nitrogens with zero attached hydrogens (tertiary/aromatic N) is 2. The van der Waals surface area contributed by atoms with Crippen LogP contribution in [0.25, 0.3) is 22.3 Å². The average Bonchev–Trinajstić information content (AvgIpc) is 3.11. The summed E-state index contributed by atoms with van der Waals surface area (Å²) < 4.78 is 0. The fourth-order valence-electron chi connectivity index (χ4n) is 5.73. The van der Waals surface area contributed by atoms with Crippen LogP contribution in [-0.4, -0.2) is 0 Å². The predicted octanol–water partition coefficient (Wildman–Crippen LogP) is 12.0. The maximum Gasteiger partial charge on any atom is 0.0467 e. The summed E-state index contributed by atoms with van der Waals surface area (Å²) >= 11 is 0. The van der Waals surface area contributed by atoms with E-state index < -0.39 is 0 Å². The molecule has 44 heavy (non-hydrogen) atoms. The Balaban J connectivity index is 1.31. The van der Waals surface area contributed by atoms with Gasteiger partial charge in [0.15, 0.2) is 0 Å². The van der Waals surface area contributed by atoms with E-state index in [0.717, 1.165) is 45.3 Å². The molecule has 0 saturated carbocycles. The van der Waals surface area contributed by atoms with Crippen molar-refractivity contribution < 1.29 is 0 Å². The van der Waals surface area contributed by atoms with Crippen molar-refractivity contribution in [2.75, 3.05) is 9.80 Å². The van der Waals surface area contributed by atoms with Crippen molar-refractivity contribution in [2.24, 2.45) is 0 Å². The molecule has 2 heteroatoms. The van der Waals surface area contributed by atoms with Gasteiger partial charge in [0.2, 0.25) is 0 Å². The molecule has 0 aliphatic carbocycles. The summed E-state index contributed by atoms with van der Waals surface area (Å²) in [6.07, 6.45) is 0. The SMILES string of the molecule is c1ccc(-c2cccc(N(c3ccccc3)c3cccc(-c4cccc(N(c5ccccc5)c5ccccc5)c4)c3)c2)cc1. The lowest BCUT2D eigenvalue weighted by Gasteiger charge is -2.27. The first-order valence-corrected chi connectivity index (χ1v) is 14.9. The fourth-order valence-corrected chi connectivity index (χ4v) is 5.73. The maximum atomic E-state index is 2.33. The van der Waals surface area contributed by atoms with Crippen LogP contribution in [0.15, 0.2) is 194 Å². The molecule has 0 saturated heterocycles. The van der Waals surface area contributed by atoms with Crippen LogP contribution in [-0.2, 0) is 0 Å². The topological polar surface area (TPSA) is 6.48 Å². The van der Waals surface area contributed by atoms with Gasteiger partial charge in [-0.15, -0.1) is 0 Å². The molecule has 0 bridgehead atoms. The molecule has 0 atom stereocenters. The van der Waals surface area contributed by atoms with Crippen LogP contribution in [0.4, 0.5) is 34.1 Å². The van der Waals surface area contributed by atoms with Crippen LogP contribution in [0.5, 0.6) is 0 Å². The standard InChI is InChI=1S/C42H32N2/c1-5-16-33(17-6-1)34-18-13-28-41(30-34)44(39-25-11-4-12-26-39)42-29-15-20-36(32-42)35-19-14-27-40(31-35)43(37-21-7-2-8-22-37)38-23-9-3-10-24-38/h1-32H. The van der Waals surface area contributed by atoms with E-state index in [4.69, 9.17) is 0 Å². The highest BCUT2D eigenvalue weighted by Crippen LogP contribution is 2.40. The van der Waals surface area contributed by atoms with E-state index in [2.05, 4.69) is 204 Å². The van der Waals surface area contributed by atoms with Gasteiger partial charge in [-0.2, -0.15) is 0 Å². The number of benzene rings is 7. The van der Waals surface area contributed by atoms with Gasteiger partial charge in [0, 0.05) is 34.1 Å². The molecule has 0 N–H and O–H groups in total. The lowest BCUT2D eigenvalue weighted by Crippen LogP contribution is -2.10. The molecule has 7 aromatic rings. The Morgan fingerprint density at radius 2 is 0.455 bits per heavy atom. The Morgan fingerprint density at radius 1 is 0.205 bits per heavy atom. The molecule has 0 heterocycles. The van der Waals surface area contributed by atoms with Crippen LogP contribution in [0.2, 0.25) is 0 Å². The molecule has 2 nitrogen and oxygen atoms in total. The third-order valence-electron chi connectivity index (χ3n) is 7.80. The Hall–Kier alpha value is -5.86. The molecule has 7 aromatic carbocycles. The van der Waals surface area contributed by atoms with Crippen LogP contribution in [0.3, 0.4) is 0 Å². The number of anilines is 6. The van der Waals surface area contributed by atoms with E-state index in [-0.39, 0.29) is 0 Å². The first kappa shape index (κ1) is 27.0. The van der Waals surface area contributed by atoms with E-state index >= 15 is 0 Å². The smallest absolute Gasteiger partial charge is 0.0467 e. The second kappa shape index (κ2) is 12.6. The van der Waals surface area contributed by atoms with E-state index in [9.17, 15) is 0 Å². The first-order valence-electron chi connectivity index (χ1n) is 14.9. The van der Waals surface area contributed by atoms with Crippen molar-refractivity contribution in [2.45, 2.75) is 0 Å². The number of hydrogen-bond acceptors (Lipinski definition) is 2. The Labute approximate surface area is 259 Å². The minimum absolute atomic E-state index is 1.10. The van der Waals surface area contributed by atoms with E-state index in [0.29, 0.717) is 0 Å². The summed E-state index contributed by atoms with van der Waals surface area (Å²) in [6.45, 7) is 0. The van der Waals surface area contributed by atoms with E-state index in [1.54, 1.807) is 0 Å². The highest BCUT2D eigenvalue weighted by Gasteiger charge is 2.16. The van der Waals surface area contributed by atoms with E-state index in [1.165, 1.54) is 11.1 Å². The van der Waals surface area contributed by atoms with Gasteiger partial charge in [0.1, 0.15) is 0 Å². The summed E-state index contributed by atoms with van der Waals surface area (Å²) in [5, 5.41) is 0. The summed E-state index contributed by atoms with van der Waals surface area (Å²) in [6, 6.07) is 68.6. The van der Waals surface area contributed by atoms with E-state index in [1.807, 2.05) is 0 Å². The number of rotatable bonds is 8. The Bertz CT molecular complexity index is 1910. The van der Waals surface area contributed by atoms with Gasteiger partial charge in [-0.3, -0.25) is 0 Å². The summed E-state index contributed by atoms with van der Waals surface area (Å²) in [4.78, 5) is 4.64. The lowest BCUT2D eigenvalue weighted by atomic mass is 10.0. The van der Waals surface area contributed by atoms with Crippen molar-refractivity contribution in [1.29, 1.82) is 0 Å². The third-order valence-corrected chi connectivity index (χ3v) is 7.80. The summed E-state index contributed by atoms with van der Waals surface area (Å²) in [5.41, 5.74) is 11.4. The molecule has 0 aliphatic heterocycles. The average molecular weight is 565 g/mol. The molecule has 0 amide bonds. The zero-order valence-electron chi connectivity index (χ0n) is 24.4. The highest BCUT2D eigenvalue weighted by molar-refractivity contribution is 5.84. The zero-order chi connectivity index (χ0) is 29.6. The molecule has 0 radical (unpaired) electrons. The molecule has 0 aromatic heterocycles.